The highest BCUT2D eigenvalue weighted by molar-refractivity contribution is 7.88. The maximum absolute atomic E-state index is 12.4. The zero-order valence-corrected chi connectivity index (χ0v) is 15.0. The molecule has 146 valence electrons. The molecule has 0 saturated carbocycles. The van der Waals surface area contributed by atoms with Gasteiger partial charge in [0.1, 0.15) is 5.75 Å². The van der Waals surface area contributed by atoms with Crippen molar-refractivity contribution in [3.8, 4) is 5.75 Å². The quantitative estimate of drug-likeness (QED) is 0.435. The number of alkyl halides is 3. The van der Waals surface area contributed by atoms with E-state index in [0.29, 0.717) is 38.1 Å². The fourth-order valence-electron chi connectivity index (χ4n) is 2.50. The van der Waals surface area contributed by atoms with Gasteiger partial charge in [0.15, 0.2) is 0 Å². The Morgan fingerprint density at radius 3 is 2.46 bits per heavy atom. The lowest BCUT2D eigenvalue weighted by Crippen LogP contribution is -2.34. The average molecular weight is 395 g/mol. The van der Waals surface area contributed by atoms with Crippen molar-refractivity contribution < 1.29 is 35.3 Å². The standard InChI is InChI=1S/C16H20F3NO5S/c1-2-3-10-24-15(21)20-8-6-12-4-5-14(11-13(12)7-9-20)25-26(22,23)16(17,18)19/h4-5,11H,2-3,6-10H2,1H3. The highest BCUT2D eigenvalue weighted by atomic mass is 32.2. The fraction of sp³-hybridized carbons (Fsp3) is 0.562. The van der Waals surface area contributed by atoms with Crippen LogP contribution in [0.3, 0.4) is 0 Å². The van der Waals surface area contributed by atoms with Crippen LogP contribution in [0, 0.1) is 0 Å². The van der Waals surface area contributed by atoms with Crippen molar-refractivity contribution in [3.05, 3.63) is 29.3 Å². The lowest BCUT2D eigenvalue weighted by atomic mass is 10.0. The van der Waals surface area contributed by atoms with E-state index >= 15 is 0 Å². The van der Waals surface area contributed by atoms with Gasteiger partial charge in [0, 0.05) is 13.1 Å². The minimum absolute atomic E-state index is 0.327. The van der Waals surface area contributed by atoms with Gasteiger partial charge in [-0.2, -0.15) is 21.6 Å². The maximum atomic E-state index is 12.4. The van der Waals surface area contributed by atoms with Crippen molar-refractivity contribution >= 4 is 16.2 Å². The molecule has 1 aromatic rings. The molecule has 0 unspecified atom stereocenters. The maximum Gasteiger partial charge on any atom is 0.534 e. The van der Waals surface area contributed by atoms with Gasteiger partial charge in [-0.1, -0.05) is 19.4 Å². The van der Waals surface area contributed by atoms with Crippen LogP contribution >= 0.6 is 0 Å². The molecule has 0 N–H and O–H groups in total. The first-order valence-electron chi connectivity index (χ1n) is 8.18. The van der Waals surface area contributed by atoms with Crippen LogP contribution in [0.2, 0.25) is 0 Å². The van der Waals surface area contributed by atoms with Gasteiger partial charge in [0.05, 0.1) is 6.61 Å². The number of hydrogen-bond donors (Lipinski definition) is 0. The predicted octanol–water partition coefficient (Wildman–Crippen LogP) is 3.25. The van der Waals surface area contributed by atoms with Crippen LogP contribution in [0.1, 0.15) is 30.9 Å². The lowest BCUT2D eigenvalue weighted by Gasteiger charge is -2.19. The third kappa shape index (κ3) is 5.03. The van der Waals surface area contributed by atoms with Crippen molar-refractivity contribution in [2.75, 3.05) is 19.7 Å². The average Bonchev–Trinajstić information content (AvgIpc) is 2.76. The van der Waals surface area contributed by atoms with Gasteiger partial charge in [-0.25, -0.2) is 4.79 Å². The van der Waals surface area contributed by atoms with E-state index in [-0.39, 0.29) is 0 Å². The summed E-state index contributed by atoms with van der Waals surface area (Å²) in [5, 5.41) is 0. The Morgan fingerprint density at radius 1 is 1.19 bits per heavy atom. The van der Waals surface area contributed by atoms with E-state index in [1.165, 1.54) is 23.1 Å². The first-order chi connectivity index (χ1) is 12.1. The van der Waals surface area contributed by atoms with Crippen molar-refractivity contribution in [3.63, 3.8) is 0 Å². The zero-order chi connectivity index (χ0) is 19.4. The molecule has 1 aliphatic heterocycles. The van der Waals surface area contributed by atoms with Gasteiger partial charge in [-0.15, -0.1) is 0 Å². The summed E-state index contributed by atoms with van der Waals surface area (Å²) in [5.41, 5.74) is -4.02. The zero-order valence-electron chi connectivity index (χ0n) is 14.2. The number of carbonyl (C=O) groups excluding carboxylic acids is 1. The van der Waals surface area contributed by atoms with Gasteiger partial charge in [-0.05, 0) is 42.5 Å². The van der Waals surface area contributed by atoms with Gasteiger partial charge in [-0.3, -0.25) is 0 Å². The van der Waals surface area contributed by atoms with Crippen LogP contribution < -0.4 is 4.18 Å². The van der Waals surface area contributed by atoms with Crippen molar-refractivity contribution in [1.82, 2.24) is 4.90 Å². The largest absolute Gasteiger partial charge is 0.534 e. The highest BCUT2D eigenvalue weighted by Crippen LogP contribution is 2.29. The molecule has 1 heterocycles. The molecule has 26 heavy (non-hydrogen) atoms. The highest BCUT2D eigenvalue weighted by Gasteiger charge is 2.48. The molecular formula is C16H20F3NO5S. The van der Waals surface area contributed by atoms with Crippen molar-refractivity contribution in [2.45, 2.75) is 38.1 Å². The molecule has 0 saturated heterocycles. The number of halogens is 3. The Labute approximate surface area is 150 Å². The predicted molar refractivity (Wildman–Crippen MR) is 87.3 cm³/mol. The third-order valence-corrected chi connectivity index (χ3v) is 4.93. The van der Waals surface area contributed by atoms with E-state index in [0.717, 1.165) is 18.4 Å². The number of benzene rings is 1. The monoisotopic (exact) mass is 395 g/mol. The summed E-state index contributed by atoms with van der Waals surface area (Å²) in [5.74, 6) is -0.403. The second-order valence-electron chi connectivity index (χ2n) is 5.87. The molecule has 0 aromatic heterocycles. The molecule has 1 aliphatic rings. The Bertz CT molecular complexity index is 749. The second kappa shape index (κ2) is 8.15. The summed E-state index contributed by atoms with van der Waals surface area (Å²) in [4.78, 5) is 13.5. The minimum Gasteiger partial charge on any atom is -0.449 e. The molecule has 10 heteroatoms. The Hall–Kier alpha value is -1.97. The first-order valence-corrected chi connectivity index (χ1v) is 9.59. The lowest BCUT2D eigenvalue weighted by molar-refractivity contribution is -0.0500. The van der Waals surface area contributed by atoms with E-state index in [2.05, 4.69) is 4.18 Å². The smallest absolute Gasteiger partial charge is 0.449 e. The Kier molecular flexibility index (Phi) is 6.38. The Morgan fingerprint density at radius 2 is 1.85 bits per heavy atom. The molecule has 6 nitrogen and oxygen atoms in total. The van der Waals surface area contributed by atoms with Crippen LogP contribution in [-0.4, -0.2) is 44.6 Å². The van der Waals surface area contributed by atoms with E-state index in [9.17, 15) is 26.4 Å². The van der Waals surface area contributed by atoms with Crippen molar-refractivity contribution in [2.24, 2.45) is 0 Å². The van der Waals surface area contributed by atoms with Crippen LogP contribution in [0.25, 0.3) is 0 Å². The SMILES string of the molecule is CCCCOC(=O)N1CCc2ccc(OS(=O)(=O)C(F)(F)F)cc2CC1. The number of nitrogens with zero attached hydrogens (tertiary/aromatic N) is 1. The number of unbranched alkanes of at least 4 members (excludes halogenated alkanes) is 1. The number of fused-ring (bicyclic) bond motifs is 1. The summed E-state index contributed by atoms with van der Waals surface area (Å²) >= 11 is 0. The summed E-state index contributed by atoms with van der Waals surface area (Å²) in [6.45, 7) is 3.06. The van der Waals surface area contributed by atoms with Gasteiger partial charge < -0.3 is 13.8 Å². The number of carbonyl (C=O) groups is 1. The molecule has 0 atom stereocenters. The van der Waals surface area contributed by atoms with Crippen LogP contribution in [0.5, 0.6) is 5.75 Å². The molecule has 0 aliphatic carbocycles. The van der Waals surface area contributed by atoms with Crippen LogP contribution in [0.4, 0.5) is 18.0 Å². The van der Waals surface area contributed by atoms with E-state index in [4.69, 9.17) is 4.74 Å². The summed E-state index contributed by atoms with van der Waals surface area (Å²) in [7, 11) is -5.71. The molecule has 1 amide bonds. The summed E-state index contributed by atoms with van der Waals surface area (Å²) in [6.07, 6.45) is 2.10. The molecular weight excluding hydrogens is 375 g/mol. The number of rotatable bonds is 5. The van der Waals surface area contributed by atoms with Gasteiger partial charge in [0.25, 0.3) is 0 Å². The summed E-state index contributed by atoms with van der Waals surface area (Å²) in [6, 6.07) is 3.96. The summed E-state index contributed by atoms with van der Waals surface area (Å²) < 4.78 is 68.8. The number of amides is 1. The van der Waals surface area contributed by atoms with E-state index < -0.39 is 27.5 Å². The normalized spacial score (nSPS) is 15.2. The second-order valence-corrected chi connectivity index (χ2v) is 7.41. The molecule has 1 aromatic carbocycles. The number of hydrogen-bond acceptors (Lipinski definition) is 5. The van der Waals surface area contributed by atoms with E-state index in [1.807, 2.05) is 6.92 Å². The van der Waals surface area contributed by atoms with Crippen molar-refractivity contribution in [1.29, 1.82) is 0 Å². The fourth-order valence-corrected chi connectivity index (χ4v) is 2.96. The molecule has 0 bridgehead atoms. The number of ether oxygens (including phenoxy) is 1. The first kappa shape index (κ1) is 20.3. The minimum atomic E-state index is -5.71. The molecule has 0 spiro atoms. The Balaban J connectivity index is 2.06. The van der Waals surface area contributed by atoms with Crippen LogP contribution in [0.15, 0.2) is 18.2 Å². The van der Waals surface area contributed by atoms with E-state index in [1.54, 1.807) is 0 Å². The van der Waals surface area contributed by atoms with Gasteiger partial charge in [0.2, 0.25) is 0 Å². The topological polar surface area (TPSA) is 72.9 Å². The van der Waals surface area contributed by atoms with Gasteiger partial charge >= 0.3 is 21.7 Å². The van der Waals surface area contributed by atoms with Crippen LogP contribution in [-0.2, 0) is 27.7 Å². The molecule has 0 radical (unpaired) electrons. The molecule has 0 fully saturated rings. The molecule has 2 rings (SSSR count). The third-order valence-electron chi connectivity index (χ3n) is 3.95.